The van der Waals surface area contributed by atoms with Crippen LogP contribution in [0.4, 0.5) is 0 Å². The Labute approximate surface area is 168 Å². The van der Waals surface area contributed by atoms with Crippen LogP contribution in [0.1, 0.15) is 29.2 Å². The lowest BCUT2D eigenvalue weighted by molar-refractivity contribution is 0.0108. The predicted molar refractivity (Wildman–Crippen MR) is 112 cm³/mol. The molecule has 0 saturated heterocycles. The summed E-state index contributed by atoms with van der Waals surface area (Å²) in [5, 5.41) is 21.2. The fourth-order valence-electron chi connectivity index (χ4n) is 4.15. The van der Waals surface area contributed by atoms with Crippen molar-refractivity contribution in [1.29, 1.82) is 0 Å². The van der Waals surface area contributed by atoms with Crippen molar-refractivity contribution >= 4 is 22.8 Å². The molecule has 0 radical (unpaired) electrons. The van der Waals surface area contributed by atoms with Crippen molar-refractivity contribution in [3.05, 3.63) is 89.0 Å². The number of hydrogen-bond donors (Lipinski definition) is 1. The zero-order chi connectivity index (χ0) is 19.5. The molecule has 5 rings (SSSR count). The van der Waals surface area contributed by atoms with Gasteiger partial charge in [-0.1, -0.05) is 76.6 Å². The van der Waals surface area contributed by atoms with E-state index >= 15 is 0 Å². The highest BCUT2D eigenvalue weighted by molar-refractivity contribution is 8.00. The SMILES string of the molecule is Cc1ccc(C2(O)c3cc(C)ccc3SC2(C)n2nnc3ccccc32)cc1. The van der Waals surface area contributed by atoms with Gasteiger partial charge in [0.2, 0.25) is 0 Å². The molecule has 0 saturated carbocycles. The van der Waals surface area contributed by atoms with Crippen molar-refractivity contribution in [3.8, 4) is 0 Å². The van der Waals surface area contributed by atoms with E-state index in [0.29, 0.717) is 0 Å². The van der Waals surface area contributed by atoms with Crippen molar-refractivity contribution in [2.45, 2.75) is 36.1 Å². The summed E-state index contributed by atoms with van der Waals surface area (Å²) in [6.45, 7) is 6.16. The molecule has 3 aromatic carbocycles. The van der Waals surface area contributed by atoms with Crippen molar-refractivity contribution in [2.24, 2.45) is 0 Å². The lowest BCUT2D eigenvalue weighted by Crippen LogP contribution is -2.47. The molecule has 0 fully saturated rings. The number of aliphatic hydroxyl groups is 1. The summed E-state index contributed by atoms with van der Waals surface area (Å²) in [6.07, 6.45) is 0. The second kappa shape index (κ2) is 5.93. The summed E-state index contributed by atoms with van der Waals surface area (Å²) in [5.41, 5.74) is 4.55. The first-order valence-corrected chi connectivity index (χ1v) is 10.2. The lowest BCUT2D eigenvalue weighted by Gasteiger charge is -2.39. The minimum Gasteiger partial charge on any atom is -0.377 e. The van der Waals surface area contributed by atoms with Crippen LogP contribution in [0, 0.1) is 13.8 Å². The van der Waals surface area contributed by atoms with Gasteiger partial charge in [-0.3, -0.25) is 0 Å². The zero-order valence-electron chi connectivity index (χ0n) is 16.0. The van der Waals surface area contributed by atoms with Crippen molar-refractivity contribution in [3.63, 3.8) is 0 Å². The molecule has 1 aromatic heterocycles. The molecule has 1 aliphatic rings. The van der Waals surface area contributed by atoms with E-state index in [2.05, 4.69) is 42.4 Å². The highest BCUT2D eigenvalue weighted by Crippen LogP contribution is 2.61. The Morgan fingerprint density at radius 2 is 1.64 bits per heavy atom. The summed E-state index contributed by atoms with van der Waals surface area (Å²) in [7, 11) is 0. The number of hydrogen-bond acceptors (Lipinski definition) is 4. The average Bonchev–Trinajstić information content (AvgIpc) is 3.22. The number of aryl methyl sites for hydroxylation is 2. The van der Waals surface area contributed by atoms with Crippen LogP contribution in [0.3, 0.4) is 0 Å². The maximum atomic E-state index is 12.4. The lowest BCUT2D eigenvalue weighted by atomic mass is 9.80. The van der Waals surface area contributed by atoms with E-state index in [-0.39, 0.29) is 0 Å². The van der Waals surface area contributed by atoms with Gasteiger partial charge in [0.15, 0.2) is 5.60 Å². The number of aromatic nitrogens is 3. The van der Waals surface area contributed by atoms with Gasteiger partial charge in [-0.15, -0.1) is 5.10 Å². The molecule has 0 amide bonds. The smallest absolute Gasteiger partial charge is 0.150 e. The molecular formula is C23H21N3OS. The Morgan fingerprint density at radius 3 is 2.43 bits per heavy atom. The molecule has 1 N–H and O–H groups in total. The van der Waals surface area contributed by atoms with E-state index in [1.807, 2.05) is 60.1 Å². The van der Waals surface area contributed by atoms with Gasteiger partial charge in [-0.25, -0.2) is 4.68 Å². The molecule has 4 aromatic rings. The van der Waals surface area contributed by atoms with Crippen molar-refractivity contribution < 1.29 is 5.11 Å². The maximum absolute atomic E-state index is 12.4. The molecule has 0 aliphatic carbocycles. The first-order valence-electron chi connectivity index (χ1n) is 9.34. The third-order valence-electron chi connectivity index (χ3n) is 5.73. The van der Waals surface area contributed by atoms with Gasteiger partial charge in [0, 0.05) is 10.5 Å². The Morgan fingerprint density at radius 1 is 0.929 bits per heavy atom. The minimum atomic E-state index is -1.25. The molecule has 2 atom stereocenters. The first kappa shape index (κ1) is 17.5. The highest BCUT2D eigenvalue weighted by atomic mass is 32.2. The number of fused-ring (bicyclic) bond motifs is 2. The quantitative estimate of drug-likeness (QED) is 0.539. The molecule has 2 unspecified atom stereocenters. The van der Waals surface area contributed by atoms with Crippen molar-refractivity contribution in [2.75, 3.05) is 0 Å². The van der Waals surface area contributed by atoms with Gasteiger partial charge in [0.25, 0.3) is 0 Å². The van der Waals surface area contributed by atoms with Crippen molar-refractivity contribution in [1.82, 2.24) is 15.0 Å². The molecule has 140 valence electrons. The Kier molecular flexibility index (Phi) is 3.70. The summed E-state index contributed by atoms with van der Waals surface area (Å²) in [4.78, 5) is 0.282. The molecular weight excluding hydrogens is 366 g/mol. The summed E-state index contributed by atoms with van der Waals surface area (Å²) >= 11 is 1.64. The van der Waals surface area contributed by atoms with Gasteiger partial charge < -0.3 is 5.11 Å². The second-order valence-corrected chi connectivity index (χ2v) is 9.09. The molecule has 0 bridgehead atoms. The average molecular weight is 388 g/mol. The fourth-order valence-corrected chi connectivity index (χ4v) is 5.63. The fraction of sp³-hybridized carbons (Fsp3) is 0.217. The van der Waals surface area contributed by atoms with Gasteiger partial charge in [-0.05, 0) is 44.5 Å². The molecule has 1 aliphatic heterocycles. The monoisotopic (exact) mass is 387 g/mol. The third kappa shape index (κ3) is 2.23. The number of para-hydroxylation sites is 1. The Bertz CT molecular complexity index is 1200. The topological polar surface area (TPSA) is 50.9 Å². The van der Waals surface area contributed by atoms with Crippen LogP contribution in [-0.2, 0) is 10.5 Å². The summed E-state index contributed by atoms with van der Waals surface area (Å²) < 4.78 is 1.88. The van der Waals surface area contributed by atoms with Gasteiger partial charge in [0.1, 0.15) is 10.4 Å². The summed E-state index contributed by atoms with van der Waals surface area (Å²) in [5.74, 6) is 0. The molecule has 2 heterocycles. The van der Waals surface area contributed by atoms with E-state index in [9.17, 15) is 5.11 Å². The molecule has 5 heteroatoms. The maximum Gasteiger partial charge on any atom is 0.150 e. The largest absolute Gasteiger partial charge is 0.377 e. The number of benzene rings is 3. The van der Waals surface area contributed by atoms with Crippen LogP contribution in [0.15, 0.2) is 71.6 Å². The summed E-state index contributed by atoms with van der Waals surface area (Å²) in [6, 6.07) is 22.3. The first-order chi connectivity index (χ1) is 13.4. The van der Waals surface area contributed by atoms with Crippen LogP contribution in [-0.4, -0.2) is 20.1 Å². The number of nitrogens with zero attached hydrogens (tertiary/aromatic N) is 3. The minimum absolute atomic E-state index is 0.783. The van der Waals surface area contributed by atoms with E-state index in [4.69, 9.17) is 0 Å². The van der Waals surface area contributed by atoms with Gasteiger partial charge >= 0.3 is 0 Å². The number of rotatable bonds is 2. The normalized spacial score (nSPS) is 23.9. The van der Waals surface area contributed by atoms with Crippen LogP contribution >= 0.6 is 11.8 Å². The van der Waals surface area contributed by atoms with Crippen LogP contribution in [0.2, 0.25) is 0 Å². The molecule has 4 nitrogen and oxygen atoms in total. The van der Waals surface area contributed by atoms with E-state index in [0.717, 1.165) is 38.2 Å². The van der Waals surface area contributed by atoms with E-state index in [1.165, 1.54) is 0 Å². The van der Waals surface area contributed by atoms with Crippen LogP contribution < -0.4 is 0 Å². The molecule has 0 spiro atoms. The van der Waals surface area contributed by atoms with Gasteiger partial charge in [-0.2, -0.15) is 0 Å². The zero-order valence-corrected chi connectivity index (χ0v) is 16.9. The Hall–Kier alpha value is -2.63. The van der Waals surface area contributed by atoms with E-state index < -0.39 is 10.5 Å². The van der Waals surface area contributed by atoms with E-state index in [1.54, 1.807) is 11.8 Å². The third-order valence-corrected chi connectivity index (χ3v) is 7.17. The van der Waals surface area contributed by atoms with Gasteiger partial charge in [0.05, 0.1) is 5.52 Å². The highest BCUT2D eigenvalue weighted by Gasteiger charge is 2.58. The number of thioether (sulfide) groups is 1. The van der Waals surface area contributed by atoms with Crippen LogP contribution in [0.5, 0.6) is 0 Å². The van der Waals surface area contributed by atoms with Crippen LogP contribution in [0.25, 0.3) is 11.0 Å². The standard InChI is InChI=1S/C23H21N3OS/c1-15-8-11-17(12-9-15)23(27)18-14-16(2)10-13-21(18)28-22(23,3)26-20-7-5-4-6-19(20)24-25-26/h4-14,27H,1-3H3. The Balaban J connectivity index is 1.83. The second-order valence-electron chi connectivity index (χ2n) is 7.65. The molecule has 28 heavy (non-hydrogen) atoms. The predicted octanol–water partition coefficient (Wildman–Crippen LogP) is 4.76.